The Morgan fingerprint density at radius 3 is 2.27 bits per heavy atom. The van der Waals surface area contributed by atoms with E-state index in [1.807, 2.05) is 17.4 Å². The van der Waals surface area contributed by atoms with Crippen LogP contribution in [0.15, 0.2) is 49.1 Å². The molecule has 3 heterocycles. The molecular formula is C27H28F3N5O5. The van der Waals surface area contributed by atoms with Gasteiger partial charge in [0.15, 0.2) is 5.54 Å². The summed E-state index contributed by atoms with van der Waals surface area (Å²) >= 11 is 0. The molecule has 4 rings (SSSR count). The van der Waals surface area contributed by atoms with Gasteiger partial charge in [-0.05, 0) is 50.6 Å². The van der Waals surface area contributed by atoms with Crippen molar-refractivity contribution in [2.24, 2.45) is 0 Å². The van der Waals surface area contributed by atoms with Crippen LogP contribution in [-0.4, -0.2) is 64.6 Å². The molecule has 1 aromatic carbocycles. The first-order valence-corrected chi connectivity index (χ1v) is 12.2. The third-order valence-electron chi connectivity index (χ3n) is 6.25. The monoisotopic (exact) mass is 559 g/mol. The van der Waals surface area contributed by atoms with Crippen LogP contribution < -0.4 is 14.8 Å². The minimum Gasteiger partial charge on any atom is -0.496 e. The van der Waals surface area contributed by atoms with E-state index in [-0.39, 0.29) is 23.7 Å². The smallest absolute Gasteiger partial charge is 0.405 e. The molecule has 0 saturated carbocycles. The first-order valence-electron chi connectivity index (χ1n) is 12.2. The molecule has 40 heavy (non-hydrogen) atoms. The number of halogens is 3. The second-order valence-electron chi connectivity index (χ2n) is 9.29. The van der Waals surface area contributed by atoms with E-state index >= 15 is 0 Å². The SMILES string of the molecule is CCOC(=O)C(C)(C)n1cc(-c2ccn3c(-c4cc(OC)c(C(=O)NCC(F)(F)F)c(OC)c4)cnc3c2)cn1. The van der Waals surface area contributed by atoms with Crippen molar-refractivity contribution in [1.29, 1.82) is 0 Å². The molecule has 212 valence electrons. The van der Waals surface area contributed by atoms with Crippen LogP contribution in [0.2, 0.25) is 0 Å². The number of fused-ring (bicyclic) bond motifs is 1. The highest BCUT2D eigenvalue weighted by atomic mass is 19.4. The number of nitrogens with one attached hydrogen (secondary N) is 1. The Morgan fingerprint density at radius 2 is 1.68 bits per heavy atom. The van der Waals surface area contributed by atoms with Gasteiger partial charge in [0.2, 0.25) is 0 Å². The highest BCUT2D eigenvalue weighted by Gasteiger charge is 2.32. The number of carbonyl (C=O) groups is 2. The molecule has 0 unspecified atom stereocenters. The van der Waals surface area contributed by atoms with Gasteiger partial charge in [-0.25, -0.2) is 9.78 Å². The van der Waals surface area contributed by atoms with Crippen molar-refractivity contribution in [3.8, 4) is 33.9 Å². The summed E-state index contributed by atoms with van der Waals surface area (Å²) in [4.78, 5) is 29.4. The van der Waals surface area contributed by atoms with Crippen molar-refractivity contribution in [2.45, 2.75) is 32.5 Å². The summed E-state index contributed by atoms with van der Waals surface area (Å²) in [5.41, 5.74) is 2.20. The lowest BCUT2D eigenvalue weighted by molar-refractivity contribution is -0.152. The molecule has 0 saturated heterocycles. The quantitative estimate of drug-likeness (QED) is 0.302. The number of hydrogen-bond donors (Lipinski definition) is 1. The van der Waals surface area contributed by atoms with E-state index in [1.165, 1.54) is 26.4 Å². The Morgan fingerprint density at radius 1 is 1.00 bits per heavy atom. The van der Waals surface area contributed by atoms with E-state index in [9.17, 15) is 22.8 Å². The molecule has 0 radical (unpaired) electrons. The minimum absolute atomic E-state index is 0.0391. The van der Waals surface area contributed by atoms with E-state index in [0.29, 0.717) is 16.9 Å². The number of aromatic nitrogens is 4. The molecular weight excluding hydrogens is 531 g/mol. The predicted octanol–water partition coefficient (Wildman–Crippen LogP) is 4.47. The zero-order valence-corrected chi connectivity index (χ0v) is 22.5. The molecule has 0 bridgehead atoms. The molecule has 0 spiro atoms. The molecule has 0 aliphatic carbocycles. The Hall–Kier alpha value is -4.55. The Balaban J connectivity index is 1.68. The number of rotatable bonds is 9. The van der Waals surface area contributed by atoms with E-state index in [2.05, 4.69) is 10.1 Å². The summed E-state index contributed by atoms with van der Waals surface area (Å²) in [7, 11) is 2.62. The summed E-state index contributed by atoms with van der Waals surface area (Å²) < 4.78 is 57.1. The Bertz CT molecular complexity index is 1530. The number of carbonyl (C=O) groups excluding carboxylic acids is 2. The van der Waals surface area contributed by atoms with Crippen molar-refractivity contribution in [2.75, 3.05) is 27.4 Å². The number of methoxy groups -OCH3 is 2. The van der Waals surface area contributed by atoms with Gasteiger partial charge in [-0.1, -0.05) is 0 Å². The van der Waals surface area contributed by atoms with Gasteiger partial charge >= 0.3 is 12.1 Å². The number of benzene rings is 1. The maximum atomic E-state index is 12.6. The molecule has 0 aliphatic heterocycles. The number of amides is 1. The molecule has 13 heteroatoms. The standard InChI is InChI=1S/C27H28F3N5O5/c1-6-40-25(37)26(2,3)35-14-18(12-33-35)16-7-8-34-19(13-31-22(34)11-16)17-9-20(38-4)23(21(10-17)39-5)24(36)32-15-27(28,29)30/h7-14H,6,15H2,1-5H3,(H,32,36). The van der Waals surface area contributed by atoms with Crippen LogP contribution in [0.5, 0.6) is 11.5 Å². The second kappa shape index (κ2) is 10.9. The van der Waals surface area contributed by atoms with Crippen LogP contribution >= 0.6 is 0 Å². The van der Waals surface area contributed by atoms with Crippen LogP contribution in [0.25, 0.3) is 28.0 Å². The van der Waals surface area contributed by atoms with Gasteiger partial charge in [0.25, 0.3) is 5.91 Å². The zero-order chi connectivity index (χ0) is 29.2. The van der Waals surface area contributed by atoms with Gasteiger partial charge in [0.1, 0.15) is 29.3 Å². The van der Waals surface area contributed by atoms with E-state index in [0.717, 1.165) is 11.1 Å². The predicted molar refractivity (Wildman–Crippen MR) is 139 cm³/mol. The third-order valence-corrected chi connectivity index (χ3v) is 6.25. The number of ether oxygens (including phenoxy) is 3. The molecule has 4 aromatic rings. The fourth-order valence-electron chi connectivity index (χ4n) is 4.11. The van der Waals surface area contributed by atoms with Crippen molar-refractivity contribution in [3.05, 3.63) is 54.6 Å². The summed E-state index contributed by atoms with van der Waals surface area (Å²) in [6, 6.07) is 6.76. The molecule has 1 N–H and O–H groups in total. The number of imidazole rings is 1. The lowest BCUT2D eigenvalue weighted by Gasteiger charge is -2.22. The normalized spacial score (nSPS) is 11.9. The largest absolute Gasteiger partial charge is 0.496 e. The lowest BCUT2D eigenvalue weighted by atomic mass is 10.1. The van der Waals surface area contributed by atoms with Crippen LogP contribution in [0.1, 0.15) is 31.1 Å². The van der Waals surface area contributed by atoms with Crippen molar-refractivity contribution in [3.63, 3.8) is 0 Å². The summed E-state index contributed by atoms with van der Waals surface area (Å²) in [6.07, 6.45) is 2.24. The lowest BCUT2D eigenvalue weighted by Crippen LogP contribution is -2.37. The van der Waals surface area contributed by atoms with Crippen LogP contribution in [0.4, 0.5) is 13.2 Å². The maximum absolute atomic E-state index is 12.6. The number of nitrogens with zero attached hydrogens (tertiary/aromatic N) is 4. The molecule has 1 amide bonds. The number of pyridine rings is 1. The highest BCUT2D eigenvalue weighted by molar-refractivity contribution is 6.00. The number of esters is 1. The first-order chi connectivity index (χ1) is 18.9. The van der Waals surface area contributed by atoms with Gasteiger partial charge in [0.05, 0.1) is 38.9 Å². The molecule has 0 atom stereocenters. The van der Waals surface area contributed by atoms with Crippen LogP contribution in [0.3, 0.4) is 0 Å². The Labute approximate surface area is 227 Å². The average molecular weight is 560 g/mol. The van der Waals surface area contributed by atoms with Crippen LogP contribution in [0, 0.1) is 0 Å². The van der Waals surface area contributed by atoms with Crippen molar-refractivity contribution < 1.29 is 37.0 Å². The summed E-state index contributed by atoms with van der Waals surface area (Å²) in [5.74, 6) is -1.30. The molecule has 3 aromatic heterocycles. The number of alkyl halides is 3. The van der Waals surface area contributed by atoms with E-state index in [4.69, 9.17) is 14.2 Å². The minimum atomic E-state index is -4.57. The second-order valence-corrected chi connectivity index (χ2v) is 9.29. The van der Waals surface area contributed by atoms with E-state index in [1.54, 1.807) is 54.6 Å². The fraction of sp³-hybridized carbons (Fsp3) is 0.333. The topological polar surface area (TPSA) is 109 Å². The maximum Gasteiger partial charge on any atom is 0.405 e. The van der Waals surface area contributed by atoms with Gasteiger partial charge in [-0.3, -0.25) is 13.9 Å². The van der Waals surface area contributed by atoms with Gasteiger partial charge in [-0.15, -0.1) is 0 Å². The van der Waals surface area contributed by atoms with E-state index < -0.39 is 30.1 Å². The van der Waals surface area contributed by atoms with Crippen molar-refractivity contribution in [1.82, 2.24) is 24.5 Å². The van der Waals surface area contributed by atoms with Crippen LogP contribution in [-0.2, 0) is 15.1 Å². The van der Waals surface area contributed by atoms with Gasteiger partial charge in [-0.2, -0.15) is 18.3 Å². The molecule has 0 fully saturated rings. The Kier molecular flexibility index (Phi) is 7.76. The third kappa shape index (κ3) is 5.58. The molecule has 0 aliphatic rings. The summed E-state index contributed by atoms with van der Waals surface area (Å²) in [6.45, 7) is 3.96. The number of hydrogen-bond acceptors (Lipinski definition) is 7. The highest BCUT2D eigenvalue weighted by Crippen LogP contribution is 2.36. The average Bonchev–Trinajstić information content (AvgIpc) is 3.58. The summed E-state index contributed by atoms with van der Waals surface area (Å²) in [5, 5.41) is 6.20. The molecule has 10 nitrogen and oxygen atoms in total. The van der Waals surface area contributed by atoms with Crippen molar-refractivity contribution >= 4 is 17.5 Å². The van der Waals surface area contributed by atoms with Gasteiger partial charge in [0, 0.05) is 23.5 Å². The first kappa shape index (κ1) is 28.5. The zero-order valence-electron chi connectivity index (χ0n) is 22.5. The fourth-order valence-corrected chi connectivity index (χ4v) is 4.11. The van der Waals surface area contributed by atoms with Gasteiger partial charge < -0.3 is 19.5 Å².